The van der Waals surface area contributed by atoms with Crippen LogP contribution in [0.25, 0.3) is 11.3 Å². The molecule has 0 fully saturated rings. The molecular weight excluding hydrogens is 406 g/mol. The van der Waals surface area contributed by atoms with E-state index in [0.29, 0.717) is 24.0 Å². The second-order valence-electron chi connectivity index (χ2n) is 7.71. The Labute approximate surface area is 181 Å². The van der Waals surface area contributed by atoms with Crippen molar-refractivity contribution < 1.29 is 19.0 Å². The number of fused-ring (bicyclic) bond motifs is 3. The third-order valence-corrected chi connectivity index (χ3v) is 5.61. The fourth-order valence-corrected chi connectivity index (χ4v) is 4.00. The maximum absolute atomic E-state index is 12.7. The molecule has 0 unspecified atom stereocenters. The van der Waals surface area contributed by atoms with Crippen molar-refractivity contribution in [3.8, 4) is 17.0 Å². The van der Waals surface area contributed by atoms with Crippen LogP contribution in [0.5, 0.6) is 5.75 Å². The fraction of sp³-hybridized carbons (Fsp3) is 0.478. The molecule has 0 saturated carbocycles. The van der Waals surface area contributed by atoms with Crippen molar-refractivity contribution in [2.24, 2.45) is 5.92 Å². The minimum atomic E-state index is -0.594. The molecule has 1 aliphatic rings. The van der Waals surface area contributed by atoms with Gasteiger partial charge >= 0.3 is 5.97 Å². The molecule has 30 heavy (non-hydrogen) atoms. The van der Waals surface area contributed by atoms with E-state index < -0.39 is 5.97 Å². The molecule has 2 aromatic rings. The number of esters is 1. The van der Waals surface area contributed by atoms with Gasteiger partial charge in [-0.3, -0.25) is 4.79 Å². The topological polar surface area (TPSA) is 66.8 Å². The van der Waals surface area contributed by atoms with E-state index in [1.165, 1.54) is 6.07 Å². The van der Waals surface area contributed by atoms with Gasteiger partial charge in [-0.2, -0.15) is 0 Å². The normalized spacial score (nSPS) is 14.9. The van der Waals surface area contributed by atoms with E-state index in [1.807, 2.05) is 16.7 Å². The Kier molecular flexibility index (Phi) is 7.21. The molecule has 0 N–H and O–H groups in total. The zero-order chi connectivity index (χ0) is 21.8. The molecule has 7 heteroatoms. The van der Waals surface area contributed by atoms with Crippen LogP contribution in [-0.2, 0) is 15.9 Å². The highest BCUT2D eigenvalue weighted by Crippen LogP contribution is 2.41. The standard InChI is InChI=1S/C23H28ClNO5/c1-5-29-23(27)17-13-25-19(14(2)3)9-15-10-22(30-8-6-7-28-4)18(24)11-16(15)20(25)12-21(17)26/h10-14,19H,5-9H2,1-4H3/t19-/m1/s1. The molecule has 1 aliphatic heterocycles. The highest BCUT2D eigenvalue weighted by molar-refractivity contribution is 6.32. The maximum atomic E-state index is 12.7. The van der Waals surface area contributed by atoms with Gasteiger partial charge in [-0.15, -0.1) is 0 Å². The number of rotatable bonds is 8. The minimum Gasteiger partial charge on any atom is -0.492 e. The van der Waals surface area contributed by atoms with Crippen molar-refractivity contribution in [3.05, 3.63) is 50.8 Å². The lowest BCUT2D eigenvalue weighted by Gasteiger charge is -2.33. The molecule has 6 nitrogen and oxygen atoms in total. The Bertz CT molecular complexity index is 982. The molecule has 0 amide bonds. The van der Waals surface area contributed by atoms with E-state index in [9.17, 15) is 9.59 Å². The number of hydrogen-bond donors (Lipinski definition) is 0. The van der Waals surface area contributed by atoms with Crippen molar-refractivity contribution in [1.82, 2.24) is 4.57 Å². The second kappa shape index (κ2) is 9.67. The number of nitrogens with zero attached hydrogens (tertiary/aromatic N) is 1. The summed E-state index contributed by atoms with van der Waals surface area (Å²) in [5.41, 5.74) is 2.41. The third-order valence-electron chi connectivity index (χ3n) is 5.31. The van der Waals surface area contributed by atoms with Crippen molar-refractivity contribution in [1.29, 1.82) is 0 Å². The summed E-state index contributed by atoms with van der Waals surface area (Å²) in [5, 5.41) is 0.489. The average molecular weight is 434 g/mol. The van der Waals surface area contributed by atoms with Crippen LogP contribution in [0.15, 0.2) is 29.2 Å². The van der Waals surface area contributed by atoms with Gasteiger partial charge in [0.15, 0.2) is 5.43 Å². The number of ether oxygens (including phenoxy) is 3. The van der Waals surface area contributed by atoms with Crippen molar-refractivity contribution >= 4 is 17.6 Å². The van der Waals surface area contributed by atoms with E-state index >= 15 is 0 Å². The summed E-state index contributed by atoms with van der Waals surface area (Å²) in [6.07, 6.45) is 3.15. The molecule has 0 saturated heterocycles. The van der Waals surface area contributed by atoms with Gasteiger partial charge in [-0.1, -0.05) is 25.4 Å². The summed E-state index contributed by atoms with van der Waals surface area (Å²) < 4.78 is 18.0. The number of aromatic nitrogens is 1. The maximum Gasteiger partial charge on any atom is 0.343 e. The van der Waals surface area contributed by atoms with Gasteiger partial charge in [0.2, 0.25) is 0 Å². The molecule has 0 radical (unpaired) electrons. The van der Waals surface area contributed by atoms with Crippen LogP contribution in [0.3, 0.4) is 0 Å². The molecule has 1 aromatic heterocycles. The van der Waals surface area contributed by atoms with Gasteiger partial charge in [0, 0.05) is 44.0 Å². The summed E-state index contributed by atoms with van der Waals surface area (Å²) >= 11 is 6.48. The first-order chi connectivity index (χ1) is 14.4. The molecular formula is C23H28ClNO5. The zero-order valence-electron chi connectivity index (χ0n) is 17.9. The molecule has 1 atom stereocenters. The van der Waals surface area contributed by atoms with Crippen LogP contribution >= 0.6 is 11.6 Å². The van der Waals surface area contributed by atoms with Crippen molar-refractivity contribution in [2.75, 3.05) is 26.9 Å². The quantitative estimate of drug-likeness (QED) is 0.452. The van der Waals surface area contributed by atoms with Gasteiger partial charge < -0.3 is 18.8 Å². The predicted molar refractivity (Wildman–Crippen MR) is 117 cm³/mol. The minimum absolute atomic E-state index is 0.0545. The number of pyridine rings is 1. The number of carbonyl (C=O) groups excluding carboxylic acids is 1. The summed E-state index contributed by atoms with van der Waals surface area (Å²) in [7, 11) is 1.66. The van der Waals surface area contributed by atoms with E-state index in [-0.39, 0.29) is 29.6 Å². The molecule has 0 spiro atoms. The highest BCUT2D eigenvalue weighted by Gasteiger charge is 2.29. The van der Waals surface area contributed by atoms with Gasteiger partial charge in [-0.25, -0.2) is 4.79 Å². The van der Waals surface area contributed by atoms with E-state index in [4.69, 9.17) is 25.8 Å². The number of carbonyl (C=O) groups is 1. The van der Waals surface area contributed by atoms with Crippen LogP contribution in [-0.4, -0.2) is 37.5 Å². The first kappa shape index (κ1) is 22.4. The number of benzene rings is 1. The van der Waals surface area contributed by atoms with E-state index in [2.05, 4.69) is 13.8 Å². The summed E-state index contributed by atoms with van der Waals surface area (Å²) in [6, 6.07) is 5.40. The highest BCUT2D eigenvalue weighted by atomic mass is 35.5. The van der Waals surface area contributed by atoms with Crippen LogP contribution < -0.4 is 10.2 Å². The first-order valence-corrected chi connectivity index (χ1v) is 10.6. The molecule has 2 heterocycles. The van der Waals surface area contributed by atoms with Crippen LogP contribution in [0.2, 0.25) is 5.02 Å². The lowest BCUT2D eigenvalue weighted by atomic mass is 9.87. The Morgan fingerprint density at radius 2 is 2.03 bits per heavy atom. The van der Waals surface area contributed by atoms with Crippen LogP contribution in [0.4, 0.5) is 0 Å². The Morgan fingerprint density at radius 3 is 2.70 bits per heavy atom. The predicted octanol–water partition coefficient (Wildman–Crippen LogP) is 4.51. The summed E-state index contributed by atoms with van der Waals surface area (Å²) in [4.78, 5) is 24.9. The molecule has 0 aliphatic carbocycles. The monoisotopic (exact) mass is 433 g/mol. The SMILES string of the molecule is CCOC(=O)c1cn2c(cc1=O)-c1cc(Cl)c(OCCCOC)cc1C[C@@H]2C(C)C. The Balaban J connectivity index is 2.05. The first-order valence-electron chi connectivity index (χ1n) is 10.2. The number of hydrogen-bond acceptors (Lipinski definition) is 5. The average Bonchev–Trinajstić information content (AvgIpc) is 2.70. The number of methoxy groups -OCH3 is 1. The van der Waals surface area contributed by atoms with E-state index in [1.54, 1.807) is 20.2 Å². The summed E-state index contributed by atoms with van der Waals surface area (Å²) in [5.74, 6) is 0.327. The van der Waals surface area contributed by atoms with Crippen molar-refractivity contribution in [2.45, 2.75) is 39.7 Å². The largest absolute Gasteiger partial charge is 0.492 e. The van der Waals surface area contributed by atoms with Gasteiger partial charge in [-0.05, 0) is 37.0 Å². The van der Waals surface area contributed by atoms with Crippen LogP contribution in [0.1, 0.15) is 49.2 Å². The lowest BCUT2D eigenvalue weighted by Crippen LogP contribution is -2.28. The summed E-state index contributed by atoms with van der Waals surface area (Å²) in [6.45, 7) is 7.33. The lowest BCUT2D eigenvalue weighted by molar-refractivity contribution is 0.0523. The molecule has 162 valence electrons. The molecule has 0 bridgehead atoms. The van der Waals surface area contributed by atoms with E-state index in [0.717, 1.165) is 29.7 Å². The molecule has 1 aromatic carbocycles. The van der Waals surface area contributed by atoms with Gasteiger partial charge in [0.25, 0.3) is 0 Å². The van der Waals surface area contributed by atoms with Crippen LogP contribution in [0, 0.1) is 5.92 Å². The number of halogens is 1. The fourth-order valence-electron chi connectivity index (χ4n) is 3.78. The smallest absolute Gasteiger partial charge is 0.343 e. The Morgan fingerprint density at radius 1 is 1.27 bits per heavy atom. The molecule has 3 rings (SSSR count). The second-order valence-corrected chi connectivity index (χ2v) is 8.12. The zero-order valence-corrected chi connectivity index (χ0v) is 18.6. The van der Waals surface area contributed by atoms with Gasteiger partial charge in [0.1, 0.15) is 11.3 Å². The van der Waals surface area contributed by atoms with Gasteiger partial charge in [0.05, 0.1) is 23.9 Å². The third kappa shape index (κ3) is 4.55. The Hall–Kier alpha value is -2.31. The van der Waals surface area contributed by atoms with Crippen molar-refractivity contribution in [3.63, 3.8) is 0 Å².